The molecule has 0 aliphatic carbocycles. The zero-order valence-electron chi connectivity index (χ0n) is 12.7. The van der Waals surface area contributed by atoms with Crippen molar-refractivity contribution < 1.29 is 13.2 Å². The van der Waals surface area contributed by atoms with Crippen LogP contribution in [-0.4, -0.2) is 32.9 Å². The molecule has 0 aliphatic heterocycles. The standard InChI is InChI=1S/C14H21Cl2NO3S/c1-5-12(6-2)17(3)21(18,19)13-8-11(16)7-10(9-15)14(13)20-4/h7-8,12H,5-6,9H2,1-4H3. The fourth-order valence-electron chi connectivity index (χ4n) is 2.30. The van der Waals surface area contributed by atoms with Crippen LogP contribution in [0.2, 0.25) is 5.02 Å². The van der Waals surface area contributed by atoms with Crippen LogP contribution in [0.3, 0.4) is 0 Å². The van der Waals surface area contributed by atoms with Gasteiger partial charge in [-0.2, -0.15) is 4.31 Å². The molecule has 120 valence electrons. The molecule has 0 aliphatic rings. The predicted octanol–water partition coefficient (Wildman–Crippen LogP) is 3.90. The molecule has 0 unspecified atom stereocenters. The van der Waals surface area contributed by atoms with Gasteiger partial charge in [0.2, 0.25) is 10.0 Å². The lowest BCUT2D eigenvalue weighted by molar-refractivity contribution is 0.345. The van der Waals surface area contributed by atoms with Crippen LogP contribution >= 0.6 is 23.2 Å². The summed E-state index contributed by atoms with van der Waals surface area (Å²) in [5.74, 6) is 0.383. The van der Waals surface area contributed by atoms with Gasteiger partial charge in [-0.15, -0.1) is 11.6 Å². The number of methoxy groups -OCH3 is 1. The summed E-state index contributed by atoms with van der Waals surface area (Å²) >= 11 is 11.9. The van der Waals surface area contributed by atoms with E-state index in [1.54, 1.807) is 13.1 Å². The molecule has 21 heavy (non-hydrogen) atoms. The van der Waals surface area contributed by atoms with Gasteiger partial charge in [0.25, 0.3) is 0 Å². The zero-order valence-corrected chi connectivity index (χ0v) is 15.0. The number of alkyl halides is 1. The first-order valence-electron chi connectivity index (χ1n) is 6.73. The number of sulfonamides is 1. The Morgan fingerprint density at radius 3 is 2.29 bits per heavy atom. The van der Waals surface area contributed by atoms with E-state index < -0.39 is 10.0 Å². The van der Waals surface area contributed by atoms with Gasteiger partial charge in [-0.05, 0) is 25.0 Å². The van der Waals surface area contributed by atoms with E-state index in [4.69, 9.17) is 27.9 Å². The summed E-state index contributed by atoms with van der Waals surface area (Å²) in [5, 5.41) is 0.322. The van der Waals surface area contributed by atoms with Crippen molar-refractivity contribution in [3.05, 3.63) is 22.7 Å². The molecule has 1 aromatic rings. The van der Waals surface area contributed by atoms with Gasteiger partial charge in [0.1, 0.15) is 10.6 Å². The van der Waals surface area contributed by atoms with E-state index in [-0.39, 0.29) is 22.6 Å². The van der Waals surface area contributed by atoms with Gasteiger partial charge in [0.05, 0.1) is 13.0 Å². The van der Waals surface area contributed by atoms with Crippen LogP contribution in [-0.2, 0) is 15.9 Å². The van der Waals surface area contributed by atoms with E-state index in [1.807, 2.05) is 13.8 Å². The molecule has 0 bridgehead atoms. The van der Waals surface area contributed by atoms with Crippen LogP contribution in [0.15, 0.2) is 17.0 Å². The second-order valence-electron chi connectivity index (χ2n) is 4.72. The highest BCUT2D eigenvalue weighted by Gasteiger charge is 2.30. The molecule has 0 radical (unpaired) electrons. The Balaban J connectivity index is 3.47. The van der Waals surface area contributed by atoms with Crippen LogP contribution < -0.4 is 4.74 Å². The van der Waals surface area contributed by atoms with Crippen LogP contribution in [0.5, 0.6) is 5.75 Å². The molecule has 0 amide bonds. The van der Waals surface area contributed by atoms with E-state index in [2.05, 4.69) is 0 Å². The number of ether oxygens (including phenoxy) is 1. The van der Waals surface area contributed by atoms with Gasteiger partial charge < -0.3 is 4.74 Å². The summed E-state index contributed by atoms with van der Waals surface area (Å²) in [6, 6.07) is 2.95. The van der Waals surface area contributed by atoms with Gasteiger partial charge in [-0.25, -0.2) is 8.42 Å². The Hall–Kier alpha value is -0.490. The number of hydrogen-bond donors (Lipinski definition) is 0. The van der Waals surface area contributed by atoms with E-state index in [1.165, 1.54) is 17.5 Å². The van der Waals surface area contributed by atoms with Crippen LogP contribution in [0.1, 0.15) is 32.3 Å². The third-order valence-corrected chi connectivity index (χ3v) is 5.98. The summed E-state index contributed by atoms with van der Waals surface area (Å²) in [6.45, 7) is 3.92. The Morgan fingerprint density at radius 1 is 1.29 bits per heavy atom. The van der Waals surface area contributed by atoms with Crippen molar-refractivity contribution in [1.29, 1.82) is 0 Å². The smallest absolute Gasteiger partial charge is 0.246 e. The highest BCUT2D eigenvalue weighted by atomic mass is 35.5. The number of halogens is 2. The van der Waals surface area contributed by atoms with Crippen LogP contribution in [0.25, 0.3) is 0 Å². The van der Waals surface area contributed by atoms with E-state index in [0.717, 1.165) is 12.8 Å². The molecule has 0 spiro atoms. The lowest BCUT2D eigenvalue weighted by atomic mass is 10.2. The first-order chi connectivity index (χ1) is 9.83. The minimum absolute atomic E-state index is 0.0579. The number of nitrogens with zero attached hydrogens (tertiary/aromatic N) is 1. The van der Waals surface area contributed by atoms with Crippen molar-refractivity contribution >= 4 is 33.2 Å². The predicted molar refractivity (Wildman–Crippen MR) is 86.9 cm³/mol. The molecule has 0 N–H and O–H groups in total. The Morgan fingerprint density at radius 2 is 1.86 bits per heavy atom. The zero-order chi connectivity index (χ0) is 16.2. The second kappa shape index (κ2) is 7.68. The molecule has 1 aromatic carbocycles. The van der Waals surface area contributed by atoms with Gasteiger partial charge in [-0.1, -0.05) is 25.4 Å². The van der Waals surface area contributed by atoms with Crippen molar-refractivity contribution in [1.82, 2.24) is 4.31 Å². The fraction of sp³-hybridized carbons (Fsp3) is 0.571. The average Bonchev–Trinajstić information content (AvgIpc) is 2.47. The minimum Gasteiger partial charge on any atom is -0.495 e. The molecular weight excluding hydrogens is 333 g/mol. The van der Waals surface area contributed by atoms with Crippen molar-refractivity contribution in [2.45, 2.75) is 43.5 Å². The van der Waals surface area contributed by atoms with Gasteiger partial charge >= 0.3 is 0 Å². The summed E-state index contributed by atoms with van der Waals surface area (Å²) in [5.41, 5.74) is 0.559. The van der Waals surface area contributed by atoms with Crippen molar-refractivity contribution in [2.75, 3.05) is 14.2 Å². The number of hydrogen-bond acceptors (Lipinski definition) is 3. The second-order valence-corrected chi connectivity index (χ2v) is 7.39. The molecule has 0 saturated carbocycles. The third-order valence-electron chi connectivity index (χ3n) is 3.56. The maximum atomic E-state index is 12.8. The number of rotatable bonds is 7. The van der Waals surface area contributed by atoms with E-state index in [0.29, 0.717) is 10.6 Å². The molecule has 0 saturated heterocycles. The van der Waals surface area contributed by atoms with Crippen LogP contribution in [0, 0.1) is 0 Å². The highest BCUT2D eigenvalue weighted by Crippen LogP contribution is 2.35. The van der Waals surface area contributed by atoms with Crippen molar-refractivity contribution in [3.8, 4) is 5.75 Å². The monoisotopic (exact) mass is 353 g/mol. The van der Waals surface area contributed by atoms with E-state index in [9.17, 15) is 8.42 Å². The lowest BCUT2D eigenvalue weighted by Gasteiger charge is -2.26. The molecule has 1 rings (SSSR count). The minimum atomic E-state index is -3.70. The molecule has 0 fully saturated rings. The van der Waals surface area contributed by atoms with Crippen LogP contribution in [0.4, 0.5) is 0 Å². The molecule has 0 aromatic heterocycles. The summed E-state index contributed by atoms with van der Waals surface area (Å²) in [7, 11) is -0.692. The van der Waals surface area contributed by atoms with Crippen molar-refractivity contribution in [3.63, 3.8) is 0 Å². The van der Waals surface area contributed by atoms with Gasteiger partial charge in [-0.3, -0.25) is 0 Å². The largest absolute Gasteiger partial charge is 0.495 e. The first-order valence-corrected chi connectivity index (χ1v) is 9.09. The Bertz CT molecular complexity index is 586. The summed E-state index contributed by atoms with van der Waals surface area (Å²) in [4.78, 5) is 0.0579. The average molecular weight is 354 g/mol. The Kier molecular flexibility index (Phi) is 6.78. The first kappa shape index (κ1) is 18.6. The van der Waals surface area contributed by atoms with E-state index >= 15 is 0 Å². The summed E-state index contributed by atoms with van der Waals surface area (Å²) in [6.07, 6.45) is 1.47. The molecule has 0 atom stereocenters. The lowest BCUT2D eigenvalue weighted by Crippen LogP contribution is -2.36. The molecular formula is C14H21Cl2NO3S. The molecule has 0 heterocycles. The van der Waals surface area contributed by atoms with Crippen molar-refractivity contribution in [2.24, 2.45) is 0 Å². The molecule has 7 heteroatoms. The Labute approximate surface area is 137 Å². The highest BCUT2D eigenvalue weighted by molar-refractivity contribution is 7.89. The SMILES string of the molecule is CCC(CC)N(C)S(=O)(=O)c1cc(Cl)cc(CCl)c1OC. The quantitative estimate of drug-likeness (QED) is 0.698. The normalized spacial score (nSPS) is 12.2. The summed E-state index contributed by atoms with van der Waals surface area (Å²) < 4.78 is 32.3. The number of benzene rings is 1. The topological polar surface area (TPSA) is 46.6 Å². The maximum absolute atomic E-state index is 12.8. The maximum Gasteiger partial charge on any atom is 0.246 e. The van der Waals surface area contributed by atoms with Gasteiger partial charge in [0, 0.05) is 23.7 Å². The molecule has 4 nitrogen and oxygen atoms in total. The van der Waals surface area contributed by atoms with Gasteiger partial charge in [0.15, 0.2) is 0 Å². The fourth-order valence-corrected chi connectivity index (χ4v) is 4.53. The third kappa shape index (κ3) is 3.83.